The van der Waals surface area contributed by atoms with Crippen LogP contribution in [-0.4, -0.2) is 0 Å². The monoisotopic (exact) mass is 530 g/mol. The van der Waals surface area contributed by atoms with Crippen molar-refractivity contribution < 1.29 is 0 Å². The molecule has 0 nitrogen and oxygen atoms in total. The largest absolute Gasteiger partial charge is 0.0622 e. The van der Waals surface area contributed by atoms with E-state index in [0.717, 1.165) is 0 Å². The molecule has 0 heterocycles. The molecule has 0 spiro atoms. The Morgan fingerprint density at radius 1 is 0.214 bits per heavy atom. The SMILES string of the molecule is c1ccc(-c2ccc3cc(-c4ccc5c(c4)c4ccccc4c4c6ccccc6c6ccccc6c54)ccc3c2)cc1. The summed E-state index contributed by atoms with van der Waals surface area (Å²) >= 11 is 0. The summed E-state index contributed by atoms with van der Waals surface area (Å²) in [5.41, 5.74) is 4.98. The van der Waals surface area contributed by atoms with E-state index in [1.807, 2.05) is 0 Å². The zero-order valence-electron chi connectivity index (χ0n) is 23.0. The van der Waals surface area contributed by atoms with E-state index in [1.165, 1.54) is 86.9 Å². The lowest BCUT2D eigenvalue weighted by atomic mass is 9.86. The molecule has 0 saturated carbocycles. The van der Waals surface area contributed by atoms with Gasteiger partial charge in [0.05, 0.1) is 0 Å². The highest BCUT2D eigenvalue weighted by molar-refractivity contribution is 6.39. The van der Waals surface area contributed by atoms with Crippen molar-refractivity contribution in [1.29, 1.82) is 0 Å². The number of hydrogen-bond acceptors (Lipinski definition) is 0. The maximum Gasteiger partial charge on any atom is -0.00139 e. The fourth-order valence-corrected chi connectivity index (χ4v) is 7.04. The Bertz CT molecular complexity index is 2500. The Balaban J connectivity index is 1.31. The van der Waals surface area contributed by atoms with Crippen LogP contribution in [0.2, 0.25) is 0 Å². The molecule has 0 aliphatic rings. The molecule has 0 N–H and O–H groups in total. The lowest BCUT2D eigenvalue weighted by Gasteiger charge is -2.17. The van der Waals surface area contributed by atoms with Crippen molar-refractivity contribution >= 4 is 64.6 Å². The highest BCUT2D eigenvalue weighted by atomic mass is 14.2. The Morgan fingerprint density at radius 3 is 1.14 bits per heavy atom. The van der Waals surface area contributed by atoms with Gasteiger partial charge < -0.3 is 0 Å². The topological polar surface area (TPSA) is 0 Å². The molecule has 0 unspecified atom stereocenters. The van der Waals surface area contributed by atoms with Crippen molar-refractivity contribution in [1.82, 2.24) is 0 Å². The number of rotatable bonds is 2. The first-order valence-corrected chi connectivity index (χ1v) is 14.6. The van der Waals surface area contributed by atoms with Crippen molar-refractivity contribution in [2.45, 2.75) is 0 Å². The van der Waals surface area contributed by atoms with Gasteiger partial charge in [0.1, 0.15) is 0 Å². The Kier molecular flexibility index (Phi) is 5.00. The second kappa shape index (κ2) is 9.03. The summed E-state index contributed by atoms with van der Waals surface area (Å²) < 4.78 is 0. The van der Waals surface area contributed by atoms with Crippen LogP contribution in [0, 0.1) is 0 Å². The molecule has 0 aromatic heterocycles. The molecule has 0 fully saturated rings. The Labute approximate surface area is 244 Å². The van der Waals surface area contributed by atoms with E-state index in [-0.39, 0.29) is 0 Å². The number of fused-ring (bicyclic) bond motifs is 12. The van der Waals surface area contributed by atoms with Crippen LogP contribution in [0.5, 0.6) is 0 Å². The summed E-state index contributed by atoms with van der Waals surface area (Å²) in [6.07, 6.45) is 0. The second-order valence-electron chi connectivity index (χ2n) is 11.3. The third-order valence-electron chi connectivity index (χ3n) is 8.99. The third kappa shape index (κ3) is 3.42. The summed E-state index contributed by atoms with van der Waals surface area (Å²) in [7, 11) is 0. The highest BCUT2D eigenvalue weighted by Crippen LogP contribution is 2.44. The molecule has 9 rings (SSSR count). The normalized spacial score (nSPS) is 11.8. The van der Waals surface area contributed by atoms with Gasteiger partial charge in [-0.15, -0.1) is 0 Å². The van der Waals surface area contributed by atoms with E-state index in [4.69, 9.17) is 0 Å². The van der Waals surface area contributed by atoms with Crippen molar-refractivity contribution in [3.8, 4) is 22.3 Å². The molecule has 9 aromatic carbocycles. The highest BCUT2D eigenvalue weighted by Gasteiger charge is 2.16. The first-order valence-electron chi connectivity index (χ1n) is 14.6. The first kappa shape index (κ1) is 23.3. The minimum Gasteiger partial charge on any atom is -0.0622 e. The molecule has 0 radical (unpaired) electrons. The Hall–Kier alpha value is -5.46. The van der Waals surface area contributed by atoms with Gasteiger partial charge in [-0.3, -0.25) is 0 Å². The van der Waals surface area contributed by atoms with Crippen LogP contribution in [0.1, 0.15) is 0 Å². The predicted octanol–water partition coefficient (Wildman–Crippen LogP) is 11.9. The van der Waals surface area contributed by atoms with Crippen LogP contribution in [-0.2, 0) is 0 Å². The van der Waals surface area contributed by atoms with E-state index in [1.54, 1.807) is 0 Å². The van der Waals surface area contributed by atoms with Crippen LogP contribution in [0.4, 0.5) is 0 Å². The molecular weight excluding hydrogens is 504 g/mol. The van der Waals surface area contributed by atoms with E-state index in [0.29, 0.717) is 0 Å². The van der Waals surface area contributed by atoms with Gasteiger partial charge in [0.25, 0.3) is 0 Å². The molecule has 0 atom stereocenters. The first-order chi connectivity index (χ1) is 20.8. The zero-order chi connectivity index (χ0) is 27.6. The molecule has 194 valence electrons. The minimum atomic E-state index is 1.24. The smallest absolute Gasteiger partial charge is 0.00139 e. The molecule has 0 bridgehead atoms. The van der Waals surface area contributed by atoms with Crippen molar-refractivity contribution in [3.63, 3.8) is 0 Å². The molecule has 42 heavy (non-hydrogen) atoms. The van der Waals surface area contributed by atoms with Gasteiger partial charge in [-0.2, -0.15) is 0 Å². The van der Waals surface area contributed by atoms with Gasteiger partial charge in [-0.25, -0.2) is 0 Å². The van der Waals surface area contributed by atoms with E-state index in [9.17, 15) is 0 Å². The molecule has 0 heteroatoms. The summed E-state index contributed by atoms with van der Waals surface area (Å²) in [6, 6.07) is 58.0. The van der Waals surface area contributed by atoms with Crippen LogP contribution in [0.15, 0.2) is 158 Å². The maximum atomic E-state index is 2.40. The average molecular weight is 531 g/mol. The van der Waals surface area contributed by atoms with Crippen LogP contribution < -0.4 is 0 Å². The van der Waals surface area contributed by atoms with Crippen LogP contribution >= 0.6 is 0 Å². The Morgan fingerprint density at radius 2 is 0.595 bits per heavy atom. The third-order valence-corrected chi connectivity index (χ3v) is 8.99. The fraction of sp³-hybridized carbons (Fsp3) is 0. The maximum absolute atomic E-state index is 2.40. The lowest BCUT2D eigenvalue weighted by Crippen LogP contribution is -1.89. The van der Waals surface area contributed by atoms with Gasteiger partial charge in [0.2, 0.25) is 0 Å². The van der Waals surface area contributed by atoms with Gasteiger partial charge in [0.15, 0.2) is 0 Å². The van der Waals surface area contributed by atoms with E-state index >= 15 is 0 Å². The molecule has 0 aliphatic heterocycles. The summed E-state index contributed by atoms with van der Waals surface area (Å²) in [6.45, 7) is 0. The van der Waals surface area contributed by atoms with Gasteiger partial charge in [-0.1, -0.05) is 140 Å². The quantitative estimate of drug-likeness (QED) is 0.195. The summed E-state index contributed by atoms with van der Waals surface area (Å²) in [5.74, 6) is 0. The van der Waals surface area contributed by atoms with Gasteiger partial charge in [-0.05, 0) is 105 Å². The zero-order valence-corrected chi connectivity index (χ0v) is 23.0. The molecule has 9 aromatic rings. The van der Waals surface area contributed by atoms with Crippen LogP contribution in [0.3, 0.4) is 0 Å². The second-order valence-corrected chi connectivity index (χ2v) is 11.3. The standard InChI is InChI=1S/C42H26/c1-2-10-27(11-3-1)28-18-19-30-25-31(21-20-29(30)24-28)32-22-23-39-40(26-32)35-14-6-9-17-38(35)41-36-15-7-4-12-33(36)34-13-5-8-16-37(34)42(39)41/h1-26H. The van der Waals surface area contributed by atoms with Gasteiger partial charge in [0, 0.05) is 0 Å². The average Bonchev–Trinajstić information content (AvgIpc) is 3.07. The summed E-state index contributed by atoms with van der Waals surface area (Å²) in [5, 5.41) is 15.7. The number of hydrogen-bond donors (Lipinski definition) is 0. The van der Waals surface area contributed by atoms with Crippen molar-refractivity contribution in [2.75, 3.05) is 0 Å². The summed E-state index contributed by atoms with van der Waals surface area (Å²) in [4.78, 5) is 0. The van der Waals surface area contributed by atoms with Gasteiger partial charge >= 0.3 is 0 Å². The van der Waals surface area contributed by atoms with E-state index in [2.05, 4.69) is 158 Å². The number of benzene rings is 9. The lowest BCUT2D eigenvalue weighted by molar-refractivity contribution is 1.64. The van der Waals surface area contributed by atoms with Crippen molar-refractivity contribution in [2.24, 2.45) is 0 Å². The molecule has 0 amide bonds. The van der Waals surface area contributed by atoms with E-state index < -0.39 is 0 Å². The molecular formula is C42H26. The predicted molar refractivity (Wildman–Crippen MR) is 182 cm³/mol. The fourth-order valence-electron chi connectivity index (χ4n) is 7.04. The molecule has 0 saturated heterocycles. The van der Waals surface area contributed by atoms with Crippen LogP contribution in [0.25, 0.3) is 86.9 Å². The molecule has 0 aliphatic carbocycles. The minimum absolute atomic E-state index is 1.24. The van der Waals surface area contributed by atoms with Crippen molar-refractivity contribution in [3.05, 3.63) is 158 Å².